The van der Waals surface area contributed by atoms with Gasteiger partial charge in [0.1, 0.15) is 10.6 Å². The molecule has 2 aromatic heterocycles. The van der Waals surface area contributed by atoms with E-state index in [2.05, 4.69) is 22.4 Å². The lowest BCUT2D eigenvalue weighted by atomic mass is 10.0. The van der Waals surface area contributed by atoms with E-state index in [1.807, 2.05) is 20.8 Å². The van der Waals surface area contributed by atoms with Gasteiger partial charge < -0.3 is 9.84 Å². The molecule has 1 amide bonds. The van der Waals surface area contributed by atoms with Crippen molar-refractivity contribution < 1.29 is 9.32 Å². The predicted molar refractivity (Wildman–Crippen MR) is 96.7 cm³/mol. The van der Waals surface area contributed by atoms with Crippen molar-refractivity contribution >= 4 is 17.2 Å². The molecule has 2 aromatic rings. The van der Waals surface area contributed by atoms with Crippen LogP contribution in [0.1, 0.15) is 70.5 Å². The van der Waals surface area contributed by atoms with Crippen LogP contribution >= 0.6 is 11.3 Å². The van der Waals surface area contributed by atoms with Crippen LogP contribution in [0, 0.1) is 13.8 Å². The van der Waals surface area contributed by atoms with Gasteiger partial charge in [0.2, 0.25) is 0 Å². The summed E-state index contributed by atoms with van der Waals surface area (Å²) in [4.78, 5) is 17.4. The highest BCUT2D eigenvalue weighted by atomic mass is 32.1. The second kappa shape index (κ2) is 8.97. The van der Waals surface area contributed by atoms with E-state index in [-0.39, 0.29) is 5.91 Å². The number of unbranched alkanes of at least 4 members (excludes halogenated alkanes) is 1. The molecule has 0 bridgehead atoms. The van der Waals surface area contributed by atoms with E-state index in [0.717, 1.165) is 65.6 Å². The lowest BCUT2D eigenvalue weighted by Gasteiger charge is -2.01. The third kappa shape index (κ3) is 4.66. The third-order valence-corrected chi connectivity index (χ3v) is 5.22. The van der Waals surface area contributed by atoms with Crippen molar-refractivity contribution in [1.82, 2.24) is 15.5 Å². The number of hydrogen-bond donors (Lipinski definition) is 1. The average Bonchev–Trinajstić information content (AvgIpc) is 3.11. The number of thiazole rings is 1. The van der Waals surface area contributed by atoms with Crippen LogP contribution in [0.2, 0.25) is 0 Å². The highest BCUT2D eigenvalue weighted by Crippen LogP contribution is 2.22. The molecule has 0 atom stereocenters. The van der Waals surface area contributed by atoms with Crippen LogP contribution in [-0.4, -0.2) is 22.6 Å². The molecule has 0 spiro atoms. The van der Waals surface area contributed by atoms with Gasteiger partial charge in [0.25, 0.3) is 5.91 Å². The number of rotatable bonds is 9. The molecule has 132 valence electrons. The molecule has 6 heteroatoms. The number of carbonyl (C=O) groups excluding carboxylic acids is 1. The van der Waals surface area contributed by atoms with Crippen LogP contribution in [0.15, 0.2) is 4.52 Å². The standard InChI is InChI=1S/C18H27N3O2S/c1-5-7-8-15-14(13(4)23-21-15)9-10-16-20-12(3)17(24-16)18(22)19-11-6-2/h5-11H2,1-4H3,(H,19,22). The van der Waals surface area contributed by atoms with Crippen LogP contribution in [0.5, 0.6) is 0 Å². The Kier molecular flexibility index (Phi) is 6.97. The minimum atomic E-state index is -0.0112. The van der Waals surface area contributed by atoms with Crippen LogP contribution in [0.3, 0.4) is 0 Å². The average molecular weight is 350 g/mol. The van der Waals surface area contributed by atoms with Gasteiger partial charge in [-0.1, -0.05) is 25.4 Å². The SMILES string of the molecule is CCCCc1noc(C)c1CCc1nc(C)c(C(=O)NCCC)s1. The van der Waals surface area contributed by atoms with E-state index in [4.69, 9.17) is 4.52 Å². The quantitative estimate of drug-likeness (QED) is 0.742. The summed E-state index contributed by atoms with van der Waals surface area (Å²) in [5, 5.41) is 8.11. The minimum Gasteiger partial charge on any atom is -0.361 e. The Morgan fingerprint density at radius 3 is 2.67 bits per heavy atom. The van der Waals surface area contributed by atoms with Crippen molar-refractivity contribution in [3.05, 3.63) is 32.6 Å². The summed E-state index contributed by atoms with van der Waals surface area (Å²) in [5.74, 6) is 0.887. The van der Waals surface area contributed by atoms with Gasteiger partial charge in [0, 0.05) is 18.5 Å². The van der Waals surface area contributed by atoms with E-state index in [0.29, 0.717) is 6.54 Å². The second-order valence-corrected chi connectivity index (χ2v) is 7.13. The number of amides is 1. The number of aryl methyl sites for hydroxylation is 4. The topological polar surface area (TPSA) is 68.0 Å². The monoisotopic (exact) mass is 349 g/mol. The maximum atomic E-state index is 12.1. The molecule has 0 aliphatic rings. The highest BCUT2D eigenvalue weighted by Gasteiger charge is 2.17. The largest absolute Gasteiger partial charge is 0.361 e. The first-order chi connectivity index (χ1) is 11.6. The Balaban J connectivity index is 2.02. The summed E-state index contributed by atoms with van der Waals surface area (Å²) < 4.78 is 5.36. The molecule has 0 aromatic carbocycles. The Morgan fingerprint density at radius 1 is 1.17 bits per heavy atom. The molecule has 2 heterocycles. The lowest BCUT2D eigenvalue weighted by Crippen LogP contribution is -2.23. The minimum absolute atomic E-state index is 0.0112. The molecule has 0 fully saturated rings. The summed E-state index contributed by atoms with van der Waals surface area (Å²) in [6, 6.07) is 0. The van der Waals surface area contributed by atoms with Gasteiger partial charge >= 0.3 is 0 Å². The van der Waals surface area contributed by atoms with E-state index < -0.39 is 0 Å². The summed E-state index contributed by atoms with van der Waals surface area (Å²) in [7, 11) is 0. The first-order valence-electron chi connectivity index (χ1n) is 8.75. The zero-order valence-electron chi connectivity index (χ0n) is 15.1. The van der Waals surface area contributed by atoms with Crippen molar-refractivity contribution in [2.75, 3.05) is 6.54 Å². The van der Waals surface area contributed by atoms with Gasteiger partial charge in [-0.25, -0.2) is 4.98 Å². The molecule has 0 saturated heterocycles. The Bertz CT molecular complexity index is 676. The number of carbonyl (C=O) groups is 1. The molecule has 0 aliphatic heterocycles. The highest BCUT2D eigenvalue weighted by molar-refractivity contribution is 7.13. The molecule has 24 heavy (non-hydrogen) atoms. The summed E-state index contributed by atoms with van der Waals surface area (Å²) in [6.45, 7) is 8.79. The molecule has 0 saturated carbocycles. The number of aromatic nitrogens is 2. The number of hydrogen-bond acceptors (Lipinski definition) is 5. The lowest BCUT2D eigenvalue weighted by molar-refractivity contribution is 0.0957. The first-order valence-corrected chi connectivity index (χ1v) is 9.56. The number of nitrogens with one attached hydrogen (secondary N) is 1. The van der Waals surface area contributed by atoms with Crippen molar-refractivity contribution in [3.63, 3.8) is 0 Å². The molecule has 0 unspecified atom stereocenters. The summed E-state index contributed by atoms with van der Waals surface area (Å²) >= 11 is 1.50. The Hall–Kier alpha value is -1.69. The fraction of sp³-hybridized carbons (Fsp3) is 0.611. The second-order valence-electron chi connectivity index (χ2n) is 6.05. The summed E-state index contributed by atoms with van der Waals surface area (Å²) in [5.41, 5.74) is 3.09. The summed E-state index contributed by atoms with van der Waals surface area (Å²) in [6.07, 6.45) is 5.84. The van der Waals surface area contributed by atoms with E-state index in [9.17, 15) is 4.79 Å². The number of nitrogens with zero attached hydrogens (tertiary/aromatic N) is 2. The van der Waals surface area contributed by atoms with Crippen molar-refractivity contribution in [2.24, 2.45) is 0 Å². The normalized spacial score (nSPS) is 11.0. The van der Waals surface area contributed by atoms with Gasteiger partial charge in [-0.15, -0.1) is 11.3 Å². The van der Waals surface area contributed by atoms with Crippen molar-refractivity contribution in [3.8, 4) is 0 Å². The van der Waals surface area contributed by atoms with Crippen LogP contribution < -0.4 is 5.32 Å². The van der Waals surface area contributed by atoms with Crippen LogP contribution in [-0.2, 0) is 19.3 Å². The smallest absolute Gasteiger partial charge is 0.263 e. The first kappa shape index (κ1) is 18.6. The fourth-order valence-corrected chi connectivity index (χ4v) is 3.60. The third-order valence-electron chi connectivity index (χ3n) is 4.00. The molecule has 5 nitrogen and oxygen atoms in total. The van der Waals surface area contributed by atoms with Gasteiger partial charge in [-0.05, 0) is 39.5 Å². The van der Waals surface area contributed by atoms with E-state index in [1.165, 1.54) is 16.9 Å². The van der Waals surface area contributed by atoms with Crippen molar-refractivity contribution in [2.45, 2.75) is 66.2 Å². The van der Waals surface area contributed by atoms with Crippen molar-refractivity contribution in [1.29, 1.82) is 0 Å². The molecule has 1 N–H and O–H groups in total. The molecule has 2 rings (SSSR count). The van der Waals surface area contributed by atoms with E-state index >= 15 is 0 Å². The van der Waals surface area contributed by atoms with Gasteiger partial charge in [-0.2, -0.15) is 0 Å². The molecule has 0 radical (unpaired) electrons. The molecule has 0 aliphatic carbocycles. The van der Waals surface area contributed by atoms with Crippen LogP contribution in [0.25, 0.3) is 0 Å². The molecular formula is C18H27N3O2S. The zero-order valence-corrected chi connectivity index (χ0v) is 15.9. The Morgan fingerprint density at radius 2 is 1.96 bits per heavy atom. The van der Waals surface area contributed by atoms with Gasteiger partial charge in [0.15, 0.2) is 0 Å². The Labute approximate surface area is 147 Å². The van der Waals surface area contributed by atoms with Crippen LogP contribution in [0.4, 0.5) is 0 Å². The zero-order chi connectivity index (χ0) is 17.5. The van der Waals surface area contributed by atoms with Gasteiger partial charge in [0.05, 0.1) is 16.4 Å². The molecular weight excluding hydrogens is 322 g/mol. The van der Waals surface area contributed by atoms with E-state index in [1.54, 1.807) is 0 Å². The van der Waals surface area contributed by atoms with Gasteiger partial charge in [-0.3, -0.25) is 4.79 Å². The predicted octanol–water partition coefficient (Wildman–Crippen LogP) is 4.02. The fourth-order valence-electron chi connectivity index (χ4n) is 2.62. The maximum absolute atomic E-state index is 12.1. The maximum Gasteiger partial charge on any atom is 0.263 e.